The summed E-state index contributed by atoms with van der Waals surface area (Å²) in [5.41, 5.74) is 0. The molecule has 116 valence electrons. The molecule has 1 amide bonds. The van der Waals surface area contributed by atoms with Gasteiger partial charge in [0.2, 0.25) is 0 Å². The molecule has 3 unspecified atom stereocenters. The summed E-state index contributed by atoms with van der Waals surface area (Å²) in [6.45, 7) is 1.52. The molecule has 1 aliphatic rings. The van der Waals surface area contributed by atoms with Gasteiger partial charge in [-0.1, -0.05) is 12.8 Å². The Morgan fingerprint density at radius 1 is 1.33 bits per heavy atom. The van der Waals surface area contributed by atoms with E-state index in [0.29, 0.717) is 6.42 Å². The number of benzene rings is 1. The van der Waals surface area contributed by atoms with Crippen molar-refractivity contribution in [2.45, 2.75) is 50.9 Å². The fraction of sp³-hybridized carbons (Fsp3) is 0.533. The van der Waals surface area contributed by atoms with Crippen LogP contribution in [0, 0.1) is 11.6 Å². The Kier molecular flexibility index (Phi) is 5.12. The fourth-order valence-electron chi connectivity index (χ4n) is 2.39. The van der Waals surface area contributed by atoms with Gasteiger partial charge in [-0.2, -0.15) is 0 Å². The lowest BCUT2D eigenvalue weighted by molar-refractivity contribution is -0.129. The zero-order valence-corrected chi connectivity index (χ0v) is 11.8. The zero-order chi connectivity index (χ0) is 15.4. The maximum atomic E-state index is 13.1. The van der Waals surface area contributed by atoms with Gasteiger partial charge in [0.25, 0.3) is 5.91 Å². The number of hydrogen-bond donors (Lipinski definition) is 2. The SMILES string of the molecule is CC(Oc1ccc(F)c(F)c1)C(=O)NC1CCCCC1O. The molecule has 0 aliphatic heterocycles. The van der Waals surface area contributed by atoms with Crippen LogP contribution in [0.1, 0.15) is 32.6 Å². The van der Waals surface area contributed by atoms with Gasteiger partial charge in [0.15, 0.2) is 17.7 Å². The number of halogens is 2. The molecule has 21 heavy (non-hydrogen) atoms. The third-order valence-corrected chi connectivity index (χ3v) is 3.63. The van der Waals surface area contributed by atoms with Crippen LogP contribution in [0.2, 0.25) is 0 Å². The number of amides is 1. The Morgan fingerprint density at radius 3 is 2.71 bits per heavy atom. The summed E-state index contributed by atoms with van der Waals surface area (Å²) in [4.78, 5) is 12.0. The quantitative estimate of drug-likeness (QED) is 0.895. The maximum absolute atomic E-state index is 13.1. The van der Waals surface area contributed by atoms with Crippen LogP contribution in [-0.2, 0) is 4.79 Å². The fourth-order valence-corrected chi connectivity index (χ4v) is 2.39. The molecule has 6 heteroatoms. The topological polar surface area (TPSA) is 58.6 Å². The van der Waals surface area contributed by atoms with Crippen molar-refractivity contribution in [3.05, 3.63) is 29.8 Å². The van der Waals surface area contributed by atoms with E-state index in [1.165, 1.54) is 13.0 Å². The molecule has 4 nitrogen and oxygen atoms in total. The first-order valence-corrected chi connectivity index (χ1v) is 7.07. The third-order valence-electron chi connectivity index (χ3n) is 3.63. The van der Waals surface area contributed by atoms with Gasteiger partial charge in [0.1, 0.15) is 5.75 Å². The van der Waals surface area contributed by atoms with E-state index in [4.69, 9.17) is 4.74 Å². The number of carbonyl (C=O) groups is 1. The van der Waals surface area contributed by atoms with E-state index in [1.54, 1.807) is 0 Å². The highest BCUT2D eigenvalue weighted by atomic mass is 19.2. The van der Waals surface area contributed by atoms with Crippen molar-refractivity contribution in [2.75, 3.05) is 0 Å². The van der Waals surface area contributed by atoms with Crippen molar-refractivity contribution in [2.24, 2.45) is 0 Å². The number of nitrogens with one attached hydrogen (secondary N) is 1. The maximum Gasteiger partial charge on any atom is 0.261 e. The summed E-state index contributed by atoms with van der Waals surface area (Å²) in [6.07, 6.45) is 1.91. The van der Waals surface area contributed by atoms with Crippen LogP contribution in [-0.4, -0.2) is 29.3 Å². The second-order valence-corrected chi connectivity index (χ2v) is 5.30. The summed E-state index contributed by atoms with van der Waals surface area (Å²) in [7, 11) is 0. The van der Waals surface area contributed by atoms with E-state index in [-0.39, 0.29) is 17.7 Å². The lowest BCUT2D eigenvalue weighted by Gasteiger charge is -2.29. The van der Waals surface area contributed by atoms with Gasteiger partial charge in [-0.25, -0.2) is 8.78 Å². The minimum atomic E-state index is -1.03. The number of carbonyl (C=O) groups excluding carboxylic acids is 1. The molecule has 0 radical (unpaired) electrons. The molecule has 0 spiro atoms. The minimum absolute atomic E-state index is 0.0840. The van der Waals surface area contributed by atoms with Crippen molar-refractivity contribution in [3.63, 3.8) is 0 Å². The smallest absolute Gasteiger partial charge is 0.261 e. The summed E-state index contributed by atoms with van der Waals surface area (Å²) < 4.78 is 31.2. The van der Waals surface area contributed by atoms with Crippen LogP contribution in [0.5, 0.6) is 5.75 Å². The molecular weight excluding hydrogens is 280 g/mol. The number of ether oxygens (including phenoxy) is 1. The predicted octanol–water partition coefficient (Wildman–Crippen LogP) is 2.15. The Hall–Kier alpha value is -1.69. The van der Waals surface area contributed by atoms with Gasteiger partial charge < -0.3 is 15.2 Å². The van der Waals surface area contributed by atoms with E-state index in [1.807, 2.05) is 0 Å². The molecule has 2 N–H and O–H groups in total. The van der Waals surface area contributed by atoms with Crippen LogP contribution in [0.15, 0.2) is 18.2 Å². The van der Waals surface area contributed by atoms with E-state index in [9.17, 15) is 18.7 Å². The molecule has 0 saturated heterocycles. The average molecular weight is 299 g/mol. The highest BCUT2D eigenvalue weighted by molar-refractivity contribution is 5.81. The van der Waals surface area contributed by atoms with Crippen LogP contribution in [0.25, 0.3) is 0 Å². The number of hydrogen-bond acceptors (Lipinski definition) is 3. The summed E-state index contributed by atoms with van der Waals surface area (Å²) in [5.74, 6) is -2.29. The highest BCUT2D eigenvalue weighted by Gasteiger charge is 2.26. The molecule has 0 heterocycles. The van der Waals surface area contributed by atoms with Gasteiger partial charge >= 0.3 is 0 Å². The first-order valence-electron chi connectivity index (χ1n) is 7.07. The summed E-state index contributed by atoms with van der Waals surface area (Å²) >= 11 is 0. The summed E-state index contributed by atoms with van der Waals surface area (Å²) in [6, 6.07) is 2.83. The second kappa shape index (κ2) is 6.85. The molecule has 1 aromatic carbocycles. The molecule has 2 rings (SSSR count). The lowest BCUT2D eigenvalue weighted by atomic mass is 9.92. The predicted molar refractivity (Wildman–Crippen MR) is 72.9 cm³/mol. The van der Waals surface area contributed by atoms with Crippen molar-refractivity contribution >= 4 is 5.91 Å². The van der Waals surface area contributed by atoms with Crippen molar-refractivity contribution < 1.29 is 23.4 Å². The first kappa shape index (κ1) is 15.7. The Labute approximate surface area is 122 Å². The van der Waals surface area contributed by atoms with E-state index >= 15 is 0 Å². The zero-order valence-electron chi connectivity index (χ0n) is 11.8. The van der Waals surface area contributed by atoms with Crippen molar-refractivity contribution in [1.82, 2.24) is 5.32 Å². The van der Waals surface area contributed by atoms with Gasteiger partial charge in [0, 0.05) is 6.07 Å². The van der Waals surface area contributed by atoms with Crippen LogP contribution in [0.4, 0.5) is 8.78 Å². The second-order valence-electron chi connectivity index (χ2n) is 5.30. The third kappa shape index (κ3) is 4.14. The molecule has 1 saturated carbocycles. The monoisotopic (exact) mass is 299 g/mol. The summed E-state index contributed by atoms with van der Waals surface area (Å²) in [5, 5.41) is 12.5. The lowest BCUT2D eigenvalue weighted by Crippen LogP contribution is -2.49. The van der Waals surface area contributed by atoms with Gasteiger partial charge in [-0.3, -0.25) is 4.79 Å². The van der Waals surface area contributed by atoms with Crippen LogP contribution < -0.4 is 10.1 Å². The van der Waals surface area contributed by atoms with E-state index in [2.05, 4.69) is 5.32 Å². The minimum Gasteiger partial charge on any atom is -0.481 e. The van der Waals surface area contributed by atoms with Crippen LogP contribution in [0.3, 0.4) is 0 Å². The molecular formula is C15H19F2NO3. The van der Waals surface area contributed by atoms with Gasteiger partial charge in [-0.05, 0) is 31.9 Å². The average Bonchev–Trinajstić information content (AvgIpc) is 2.45. The molecule has 3 atom stereocenters. The number of aliphatic hydroxyl groups is 1. The molecule has 1 fully saturated rings. The molecule has 0 bridgehead atoms. The first-order chi connectivity index (χ1) is 9.97. The molecule has 0 aromatic heterocycles. The highest BCUT2D eigenvalue weighted by Crippen LogP contribution is 2.19. The molecule has 1 aliphatic carbocycles. The van der Waals surface area contributed by atoms with E-state index in [0.717, 1.165) is 31.4 Å². The Bertz CT molecular complexity index is 510. The Balaban J connectivity index is 1.91. The number of aliphatic hydroxyl groups excluding tert-OH is 1. The van der Waals surface area contributed by atoms with Gasteiger partial charge in [0.05, 0.1) is 12.1 Å². The van der Waals surface area contributed by atoms with Gasteiger partial charge in [-0.15, -0.1) is 0 Å². The normalized spacial score (nSPS) is 23.4. The van der Waals surface area contributed by atoms with Crippen molar-refractivity contribution in [3.8, 4) is 5.75 Å². The van der Waals surface area contributed by atoms with Crippen LogP contribution >= 0.6 is 0 Å². The standard InChI is InChI=1S/C15H19F2NO3/c1-9(21-10-6-7-11(16)12(17)8-10)15(20)18-13-4-2-3-5-14(13)19/h6-9,13-14,19H,2-5H2,1H3,(H,18,20). The Morgan fingerprint density at radius 2 is 2.05 bits per heavy atom. The van der Waals surface area contributed by atoms with Crippen molar-refractivity contribution in [1.29, 1.82) is 0 Å². The largest absolute Gasteiger partial charge is 0.481 e. The molecule has 1 aromatic rings. The number of rotatable bonds is 4. The van der Waals surface area contributed by atoms with E-state index < -0.39 is 23.8 Å².